The van der Waals surface area contributed by atoms with Gasteiger partial charge in [-0.1, -0.05) is 72.1 Å². The lowest BCUT2D eigenvalue weighted by atomic mass is 9.79. The smallest absolute Gasteiger partial charge is 0.0530 e. The molecular formula is C18H37OP. The third-order valence-corrected chi connectivity index (χ3v) is 5.28. The zero-order valence-corrected chi connectivity index (χ0v) is 15.2. The summed E-state index contributed by atoms with van der Waals surface area (Å²) in [6.45, 7) is 8.07. The van der Waals surface area contributed by atoms with Crippen molar-refractivity contribution in [2.45, 2.75) is 85.0 Å². The number of hydrogen-bond acceptors (Lipinski definition) is 1. The summed E-state index contributed by atoms with van der Waals surface area (Å²) in [6, 6.07) is 0. The van der Waals surface area contributed by atoms with Crippen LogP contribution in [0.4, 0.5) is 0 Å². The van der Waals surface area contributed by atoms with Gasteiger partial charge in [-0.25, -0.2) is 0 Å². The van der Waals surface area contributed by atoms with Crippen LogP contribution < -0.4 is 0 Å². The zero-order chi connectivity index (χ0) is 14.8. The van der Waals surface area contributed by atoms with E-state index in [1.807, 2.05) is 0 Å². The van der Waals surface area contributed by atoms with Gasteiger partial charge < -0.3 is 4.52 Å². The molecule has 1 fully saturated rings. The molecule has 2 heteroatoms. The number of hydrogen-bond donors (Lipinski definition) is 0. The molecule has 120 valence electrons. The Bertz CT molecular complexity index is 221. The summed E-state index contributed by atoms with van der Waals surface area (Å²) in [6.07, 6.45) is 14.3. The van der Waals surface area contributed by atoms with Crippen LogP contribution in [-0.4, -0.2) is 6.61 Å². The highest BCUT2D eigenvalue weighted by Crippen LogP contribution is 2.32. The van der Waals surface area contributed by atoms with E-state index in [2.05, 4.69) is 30.2 Å². The van der Waals surface area contributed by atoms with Crippen LogP contribution >= 0.6 is 9.47 Å². The van der Waals surface area contributed by atoms with Crippen LogP contribution in [0.2, 0.25) is 0 Å². The van der Waals surface area contributed by atoms with Crippen molar-refractivity contribution in [2.24, 2.45) is 23.7 Å². The van der Waals surface area contributed by atoms with Crippen molar-refractivity contribution in [1.29, 1.82) is 0 Å². The van der Waals surface area contributed by atoms with E-state index in [1.165, 1.54) is 64.2 Å². The van der Waals surface area contributed by atoms with Gasteiger partial charge in [-0.05, 0) is 36.5 Å². The van der Waals surface area contributed by atoms with Crippen molar-refractivity contribution in [3.63, 3.8) is 0 Å². The minimum Gasteiger partial charge on any atom is -0.365 e. The second kappa shape index (κ2) is 11.0. The average Bonchev–Trinajstić information content (AvgIpc) is 2.40. The molecule has 1 aliphatic rings. The number of rotatable bonds is 10. The highest BCUT2D eigenvalue weighted by atomic mass is 31.0. The maximum Gasteiger partial charge on any atom is 0.0530 e. The van der Waals surface area contributed by atoms with Crippen molar-refractivity contribution in [3.05, 3.63) is 0 Å². The molecule has 0 N–H and O–H groups in total. The second-order valence-electron chi connectivity index (χ2n) is 7.58. The van der Waals surface area contributed by atoms with Gasteiger partial charge in [0.2, 0.25) is 0 Å². The molecule has 0 aromatic heterocycles. The fourth-order valence-corrected chi connectivity index (χ4v) is 3.87. The lowest BCUT2D eigenvalue weighted by molar-refractivity contribution is 0.192. The van der Waals surface area contributed by atoms with E-state index in [9.17, 15) is 0 Å². The summed E-state index contributed by atoms with van der Waals surface area (Å²) in [5.41, 5.74) is 0. The Kier molecular flexibility index (Phi) is 10.2. The summed E-state index contributed by atoms with van der Waals surface area (Å²) in [7, 11) is 2.39. The minimum atomic E-state index is 0.832. The van der Waals surface area contributed by atoms with E-state index in [1.54, 1.807) is 0 Å². The summed E-state index contributed by atoms with van der Waals surface area (Å²) in [4.78, 5) is 0. The van der Waals surface area contributed by atoms with Crippen LogP contribution in [0.5, 0.6) is 0 Å². The third-order valence-electron chi connectivity index (χ3n) is 5.09. The van der Waals surface area contributed by atoms with Crippen molar-refractivity contribution >= 4 is 9.47 Å². The lowest BCUT2D eigenvalue weighted by Gasteiger charge is -2.28. The van der Waals surface area contributed by atoms with Gasteiger partial charge in [-0.15, -0.1) is 0 Å². The predicted molar refractivity (Wildman–Crippen MR) is 92.8 cm³/mol. The Morgan fingerprint density at radius 3 is 2.10 bits per heavy atom. The van der Waals surface area contributed by atoms with Gasteiger partial charge in [-0.2, -0.15) is 0 Å². The average molecular weight is 300 g/mol. The molecule has 0 aromatic carbocycles. The topological polar surface area (TPSA) is 9.23 Å². The molecule has 0 heterocycles. The molecule has 1 nitrogen and oxygen atoms in total. The van der Waals surface area contributed by atoms with Gasteiger partial charge in [-0.3, -0.25) is 0 Å². The van der Waals surface area contributed by atoms with Gasteiger partial charge in [0.15, 0.2) is 0 Å². The lowest BCUT2D eigenvalue weighted by Crippen LogP contribution is -2.17. The van der Waals surface area contributed by atoms with Crippen molar-refractivity contribution in [2.75, 3.05) is 6.61 Å². The van der Waals surface area contributed by atoms with E-state index < -0.39 is 0 Å². The van der Waals surface area contributed by atoms with E-state index in [0.717, 1.165) is 30.3 Å². The van der Waals surface area contributed by atoms with Gasteiger partial charge in [0.1, 0.15) is 0 Å². The van der Waals surface area contributed by atoms with E-state index in [-0.39, 0.29) is 0 Å². The maximum absolute atomic E-state index is 5.20. The molecule has 0 aromatic rings. The first-order valence-electron chi connectivity index (χ1n) is 8.93. The van der Waals surface area contributed by atoms with Crippen LogP contribution in [0, 0.1) is 23.7 Å². The standard InChI is InChI=1S/C18H37OP/c1-15(2)6-4-7-16(3)8-5-9-17-10-12-18(13-11-17)14-19-20/h15-18H,4-14,20H2,1-3H3. The molecule has 2 atom stereocenters. The molecule has 0 aliphatic heterocycles. The SMILES string of the molecule is CC(C)CCCC(C)CCCC1CCC(COP)CC1. The van der Waals surface area contributed by atoms with Crippen LogP contribution in [0.1, 0.15) is 85.0 Å². The Hall–Kier alpha value is 0.390. The van der Waals surface area contributed by atoms with Gasteiger partial charge in [0.05, 0.1) is 6.61 Å². The van der Waals surface area contributed by atoms with Gasteiger partial charge >= 0.3 is 0 Å². The molecule has 0 saturated heterocycles. The Labute approximate surface area is 129 Å². The molecule has 0 bridgehead atoms. The van der Waals surface area contributed by atoms with Gasteiger partial charge in [0.25, 0.3) is 0 Å². The molecule has 0 amide bonds. The van der Waals surface area contributed by atoms with Crippen LogP contribution in [0.25, 0.3) is 0 Å². The van der Waals surface area contributed by atoms with E-state index in [4.69, 9.17) is 4.52 Å². The van der Waals surface area contributed by atoms with Gasteiger partial charge in [0, 0.05) is 9.47 Å². The molecule has 1 rings (SSSR count). The summed E-state index contributed by atoms with van der Waals surface area (Å²) >= 11 is 0. The van der Waals surface area contributed by atoms with Crippen molar-refractivity contribution in [1.82, 2.24) is 0 Å². The third kappa shape index (κ3) is 8.63. The zero-order valence-electron chi connectivity index (χ0n) is 14.1. The Morgan fingerprint density at radius 2 is 1.50 bits per heavy atom. The second-order valence-corrected chi connectivity index (χ2v) is 7.91. The van der Waals surface area contributed by atoms with Crippen LogP contribution in [0.3, 0.4) is 0 Å². The monoisotopic (exact) mass is 300 g/mol. The predicted octanol–water partition coefficient (Wildman–Crippen LogP) is 6.23. The highest BCUT2D eigenvalue weighted by molar-refractivity contribution is 7.09. The Morgan fingerprint density at radius 1 is 0.900 bits per heavy atom. The molecule has 0 radical (unpaired) electrons. The van der Waals surface area contributed by atoms with E-state index in [0.29, 0.717) is 0 Å². The first kappa shape index (κ1) is 18.4. The molecule has 2 unspecified atom stereocenters. The summed E-state index contributed by atoms with van der Waals surface area (Å²) < 4.78 is 5.20. The first-order valence-corrected chi connectivity index (χ1v) is 9.40. The van der Waals surface area contributed by atoms with Crippen LogP contribution in [-0.2, 0) is 4.52 Å². The summed E-state index contributed by atoms with van der Waals surface area (Å²) in [5, 5.41) is 0. The molecule has 1 saturated carbocycles. The normalized spacial score (nSPS) is 25.1. The molecule has 1 aliphatic carbocycles. The fraction of sp³-hybridized carbons (Fsp3) is 1.00. The quantitative estimate of drug-likeness (QED) is 0.434. The van der Waals surface area contributed by atoms with E-state index >= 15 is 0 Å². The maximum atomic E-state index is 5.20. The van der Waals surface area contributed by atoms with Crippen molar-refractivity contribution < 1.29 is 4.52 Å². The van der Waals surface area contributed by atoms with Crippen LogP contribution in [0.15, 0.2) is 0 Å². The summed E-state index contributed by atoms with van der Waals surface area (Å²) in [5.74, 6) is 3.66. The fourth-order valence-electron chi connectivity index (χ4n) is 3.60. The first-order chi connectivity index (χ1) is 9.61. The molecule has 0 spiro atoms. The van der Waals surface area contributed by atoms with Crippen molar-refractivity contribution in [3.8, 4) is 0 Å². The molecular weight excluding hydrogens is 263 g/mol. The molecule has 20 heavy (non-hydrogen) atoms. The Balaban J connectivity index is 1.98. The largest absolute Gasteiger partial charge is 0.365 e. The highest BCUT2D eigenvalue weighted by Gasteiger charge is 2.20. The minimum absolute atomic E-state index is 0.832.